The average molecular weight is 340 g/mol. The second-order valence-corrected chi connectivity index (χ2v) is 9.94. The highest BCUT2D eigenvalue weighted by atomic mass is 16.3. The molecule has 0 amide bonds. The molecule has 0 spiro atoms. The normalized spacial score (nSPS) is 38.0. The van der Waals surface area contributed by atoms with Crippen molar-refractivity contribution in [3.8, 4) is 0 Å². The maximum Gasteiger partial charge on any atom is 0.0632 e. The molecule has 0 radical (unpaired) electrons. The molecule has 0 aliphatic heterocycles. The second kappa shape index (κ2) is 7.25. The van der Waals surface area contributed by atoms with E-state index in [1.165, 1.54) is 25.7 Å². The first-order valence-corrected chi connectivity index (χ1v) is 10.0. The third kappa shape index (κ3) is 3.83. The van der Waals surface area contributed by atoms with E-state index in [2.05, 4.69) is 39.8 Å². The van der Waals surface area contributed by atoms with Gasteiger partial charge in [-0.1, -0.05) is 27.2 Å². The van der Waals surface area contributed by atoms with Crippen molar-refractivity contribution >= 4 is 0 Å². The van der Waals surface area contributed by atoms with Gasteiger partial charge in [-0.25, -0.2) is 0 Å². The Labute approximate surface area is 149 Å². The van der Waals surface area contributed by atoms with Crippen LogP contribution >= 0.6 is 0 Å². The van der Waals surface area contributed by atoms with Crippen LogP contribution < -0.4 is 0 Å². The molecule has 7 atom stereocenters. The monoisotopic (exact) mass is 339 g/mol. The zero-order chi connectivity index (χ0) is 18.3. The van der Waals surface area contributed by atoms with Crippen LogP contribution in [0.3, 0.4) is 0 Å². The van der Waals surface area contributed by atoms with Crippen molar-refractivity contribution in [1.82, 2.24) is 4.90 Å². The summed E-state index contributed by atoms with van der Waals surface area (Å²) < 4.78 is 0. The zero-order valence-corrected chi connectivity index (χ0v) is 17.0. The van der Waals surface area contributed by atoms with E-state index < -0.39 is 5.60 Å². The zero-order valence-electron chi connectivity index (χ0n) is 17.0. The summed E-state index contributed by atoms with van der Waals surface area (Å²) in [5.41, 5.74) is -0.344. The predicted molar refractivity (Wildman–Crippen MR) is 101 cm³/mol. The average Bonchev–Trinajstić information content (AvgIpc) is 2.81. The Morgan fingerprint density at radius 2 is 1.79 bits per heavy atom. The molecule has 0 aromatic rings. The molecule has 0 bridgehead atoms. The molecule has 142 valence electrons. The van der Waals surface area contributed by atoms with E-state index in [1.807, 2.05) is 13.8 Å². The van der Waals surface area contributed by atoms with Crippen molar-refractivity contribution in [1.29, 1.82) is 0 Å². The molecule has 0 aromatic heterocycles. The van der Waals surface area contributed by atoms with Crippen molar-refractivity contribution in [2.45, 2.75) is 90.9 Å². The molecule has 24 heavy (non-hydrogen) atoms. The fraction of sp³-hybridized carbons (Fsp3) is 1.00. The fourth-order valence-electron chi connectivity index (χ4n) is 6.00. The van der Waals surface area contributed by atoms with E-state index in [0.717, 1.165) is 12.8 Å². The summed E-state index contributed by atoms with van der Waals surface area (Å²) in [6, 6.07) is 0.385. The van der Waals surface area contributed by atoms with Crippen LogP contribution in [-0.2, 0) is 0 Å². The maximum atomic E-state index is 10.5. The Balaban J connectivity index is 2.11. The Bertz CT molecular complexity index is 417. The number of fused-ring (bicyclic) bond motifs is 1. The van der Waals surface area contributed by atoms with Crippen LogP contribution in [0.15, 0.2) is 0 Å². The Morgan fingerprint density at radius 3 is 2.33 bits per heavy atom. The van der Waals surface area contributed by atoms with Crippen LogP contribution in [0, 0.1) is 29.1 Å². The van der Waals surface area contributed by atoms with Crippen LogP contribution in [0.4, 0.5) is 0 Å². The van der Waals surface area contributed by atoms with Crippen LogP contribution in [0.5, 0.6) is 0 Å². The molecule has 3 nitrogen and oxygen atoms in total. The highest BCUT2D eigenvalue weighted by Crippen LogP contribution is 2.58. The summed E-state index contributed by atoms with van der Waals surface area (Å²) in [4.78, 5) is 2.30. The lowest BCUT2D eigenvalue weighted by atomic mass is 9.61. The smallest absolute Gasteiger partial charge is 0.0632 e. The van der Waals surface area contributed by atoms with Gasteiger partial charge in [0.15, 0.2) is 0 Å². The maximum absolute atomic E-state index is 10.5. The Hall–Kier alpha value is -0.120. The molecule has 0 aromatic carbocycles. The minimum absolute atomic E-state index is 0.0825. The highest BCUT2D eigenvalue weighted by molar-refractivity contribution is 5.02. The summed E-state index contributed by atoms with van der Waals surface area (Å²) in [5.74, 6) is 2.07. The Morgan fingerprint density at radius 1 is 1.17 bits per heavy atom. The van der Waals surface area contributed by atoms with Crippen LogP contribution in [0.2, 0.25) is 0 Å². The van der Waals surface area contributed by atoms with Crippen molar-refractivity contribution in [3.05, 3.63) is 0 Å². The summed E-state index contributed by atoms with van der Waals surface area (Å²) in [7, 11) is 4.28. The fourth-order valence-corrected chi connectivity index (χ4v) is 6.00. The first kappa shape index (κ1) is 20.2. The number of aliphatic hydroxyl groups excluding tert-OH is 1. The molecule has 0 unspecified atom stereocenters. The van der Waals surface area contributed by atoms with Gasteiger partial charge in [0.05, 0.1) is 11.7 Å². The quantitative estimate of drug-likeness (QED) is 0.770. The molecule has 2 fully saturated rings. The van der Waals surface area contributed by atoms with E-state index in [1.54, 1.807) is 0 Å². The number of hydrogen-bond acceptors (Lipinski definition) is 3. The molecule has 0 heterocycles. The van der Waals surface area contributed by atoms with E-state index in [4.69, 9.17) is 0 Å². The number of rotatable bonds is 6. The lowest BCUT2D eigenvalue weighted by Gasteiger charge is -2.46. The summed E-state index contributed by atoms with van der Waals surface area (Å²) in [6.07, 6.45) is 6.95. The summed E-state index contributed by atoms with van der Waals surface area (Å²) in [6.45, 7) is 10.9. The standard InChI is InChI=1S/C21H41NO2/c1-14(13-18(22(6)7)15(2)20(3,4)24)16-10-11-17-19(23)9-8-12-21(16,17)5/h14-19,23-24H,8-13H2,1-7H3/t14-,15+,16-,17+,18+,19+,21-/m1/s1. The molecule has 2 aliphatic carbocycles. The number of aliphatic hydroxyl groups is 2. The molecular formula is C21H41NO2. The number of nitrogens with zero attached hydrogens (tertiary/aromatic N) is 1. The molecule has 3 heteroatoms. The van der Waals surface area contributed by atoms with E-state index >= 15 is 0 Å². The van der Waals surface area contributed by atoms with E-state index in [9.17, 15) is 10.2 Å². The van der Waals surface area contributed by atoms with Crippen molar-refractivity contribution < 1.29 is 10.2 Å². The largest absolute Gasteiger partial charge is 0.393 e. The van der Waals surface area contributed by atoms with Gasteiger partial charge in [-0.3, -0.25) is 0 Å². The highest BCUT2D eigenvalue weighted by Gasteiger charge is 2.52. The van der Waals surface area contributed by atoms with Gasteiger partial charge in [-0.2, -0.15) is 0 Å². The van der Waals surface area contributed by atoms with Crippen molar-refractivity contribution in [3.63, 3.8) is 0 Å². The van der Waals surface area contributed by atoms with Gasteiger partial charge >= 0.3 is 0 Å². The van der Waals surface area contributed by atoms with Crippen LogP contribution in [0.1, 0.15) is 73.1 Å². The van der Waals surface area contributed by atoms with Gasteiger partial charge in [-0.05, 0) is 89.1 Å². The molecule has 2 aliphatic rings. The first-order chi connectivity index (χ1) is 11.0. The molecular weight excluding hydrogens is 298 g/mol. The van der Waals surface area contributed by atoms with Crippen LogP contribution in [-0.4, -0.2) is 47.0 Å². The third-order valence-electron chi connectivity index (χ3n) is 7.82. The summed E-state index contributed by atoms with van der Waals surface area (Å²) >= 11 is 0. The Kier molecular flexibility index (Phi) is 6.10. The SMILES string of the molecule is C[C@H](C[C@@H]([C@H](C)C(C)(C)O)N(C)C)[C@H]1CC[C@H]2[C@@H](O)CCC[C@]12C. The lowest BCUT2D eigenvalue weighted by molar-refractivity contribution is -0.0400. The number of hydrogen-bond donors (Lipinski definition) is 2. The minimum Gasteiger partial charge on any atom is -0.393 e. The van der Waals surface area contributed by atoms with E-state index in [-0.39, 0.29) is 12.0 Å². The molecule has 0 saturated heterocycles. The molecule has 2 N–H and O–H groups in total. The molecule has 2 rings (SSSR count). The summed E-state index contributed by atoms with van der Waals surface area (Å²) in [5, 5.41) is 21.0. The minimum atomic E-state index is -0.655. The van der Waals surface area contributed by atoms with Gasteiger partial charge < -0.3 is 15.1 Å². The predicted octanol–water partition coefficient (Wildman–Crippen LogP) is 3.93. The van der Waals surface area contributed by atoms with Gasteiger partial charge in [0.1, 0.15) is 0 Å². The van der Waals surface area contributed by atoms with E-state index in [0.29, 0.717) is 29.2 Å². The van der Waals surface area contributed by atoms with Crippen LogP contribution in [0.25, 0.3) is 0 Å². The topological polar surface area (TPSA) is 43.7 Å². The molecule has 2 saturated carbocycles. The van der Waals surface area contributed by atoms with Gasteiger partial charge in [0.25, 0.3) is 0 Å². The third-order valence-corrected chi connectivity index (χ3v) is 7.82. The van der Waals surface area contributed by atoms with Gasteiger partial charge in [0.2, 0.25) is 0 Å². The second-order valence-electron chi connectivity index (χ2n) is 9.94. The van der Waals surface area contributed by atoms with Gasteiger partial charge in [0, 0.05) is 6.04 Å². The lowest BCUT2D eigenvalue weighted by Crippen LogP contribution is -2.47. The van der Waals surface area contributed by atoms with Gasteiger partial charge in [-0.15, -0.1) is 0 Å². The first-order valence-electron chi connectivity index (χ1n) is 10.0. The van der Waals surface area contributed by atoms with Crippen molar-refractivity contribution in [2.24, 2.45) is 29.1 Å². The van der Waals surface area contributed by atoms with Crippen molar-refractivity contribution in [2.75, 3.05) is 14.1 Å².